The number of carbonyl (C=O) groups is 1. The Labute approximate surface area is 256 Å². The van der Waals surface area contributed by atoms with Crippen LogP contribution in [0.4, 0.5) is 8.78 Å². The number of hydrogen-bond acceptors (Lipinski definition) is 4. The fourth-order valence-electron chi connectivity index (χ4n) is 8.11. The summed E-state index contributed by atoms with van der Waals surface area (Å²) in [5.74, 6) is -1.26. The minimum Gasteiger partial charge on any atom is -0.480 e. The van der Waals surface area contributed by atoms with Gasteiger partial charge in [-0.3, -0.25) is 9.69 Å². The van der Waals surface area contributed by atoms with Crippen LogP contribution in [0.5, 0.6) is 0 Å². The van der Waals surface area contributed by atoms with Crippen molar-refractivity contribution in [2.45, 2.75) is 82.7 Å². The summed E-state index contributed by atoms with van der Waals surface area (Å²) in [5.41, 5.74) is 3.17. The van der Waals surface area contributed by atoms with Gasteiger partial charge in [-0.05, 0) is 80.5 Å². The Balaban J connectivity index is 1.19. The first-order valence-corrected chi connectivity index (χ1v) is 16.5. The zero-order valence-corrected chi connectivity index (χ0v) is 25.8. The van der Waals surface area contributed by atoms with Crippen LogP contribution in [0.3, 0.4) is 0 Å². The van der Waals surface area contributed by atoms with Gasteiger partial charge in [0.1, 0.15) is 6.04 Å². The lowest BCUT2D eigenvalue weighted by atomic mass is 9.83. The Morgan fingerprint density at radius 2 is 1.72 bits per heavy atom. The van der Waals surface area contributed by atoms with Crippen LogP contribution < -0.4 is 0 Å². The topological polar surface area (TPSA) is 47.0 Å². The third kappa shape index (κ3) is 7.85. The number of aryl methyl sites for hydroxylation is 1. The van der Waals surface area contributed by atoms with Crippen molar-refractivity contribution in [1.82, 2.24) is 14.7 Å². The van der Waals surface area contributed by atoms with E-state index >= 15 is 0 Å². The molecule has 3 unspecified atom stereocenters. The summed E-state index contributed by atoms with van der Waals surface area (Å²) in [4.78, 5) is 19.9. The number of aliphatic carboxylic acids is 1. The zero-order valence-electron chi connectivity index (χ0n) is 25.8. The molecular weight excluding hydrogens is 544 g/mol. The van der Waals surface area contributed by atoms with Gasteiger partial charge in [0.25, 0.3) is 0 Å². The fraction of sp³-hybridized carbons (Fsp3) is 0.583. The number of carboxylic acid groups (broad SMARTS) is 1. The lowest BCUT2D eigenvalue weighted by Gasteiger charge is -2.41. The lowest BCUT2D eigenvalue weighted by Crippen LogP contribution is -2.47. The molecule has 2 heterocycles. The second-order valence-corrected chi connectivity index (χ2v) is 13.0. The van der Waals surface area contributed by atoms with Gasteiger partial charge < -0.3 is 14.9 Å². The number of nitrogens with zero attached hydrogens (tertiary/aromatic N) is 3. The molecule has 2 saturated heterocycles. The van der Waals surface area contributed by atoms with Gasteiger partial charge in [0.15, 0.2) is 11.6 Å². The Bertz CT molecular complexity index is 1210. The van der Waals surface area contributed by atoms with Crippen molar-refractivity contribution in [3.63, 3.8) is 0 Å². The number of benzene rings is 2. The first-order valence-electron chi connectivity index (χ1n) is 16.5. The molecule has 3 fully saturated rings. The SMILES string of the molecule is C=C(CCc1ccc(F)c(F)c1)N(CC)C1CCN(CC2CN(C(C(=O)O)C3CCCCC3)CC2c2ccccc2)CC1. The Morgan fingerprint density at radius 3 is 2.37 bits per heavy atom. The minimum atomic E-state index is -0.809. The van der Waals surface area contributed by atoms with Crippen molar-refractivity contribution >= 4 is 5.97 Å². The first kappa shape index (κ1) is 31.6. The molecule has 5 rings (SSSR count). The van der Waals surface area contributed by atoms with Crippen LogP contribution in [0.15, 0.2) is 60.8 Å². The third-order valence-corrected chi connectivity index (χ3v) is 10.4. The van der Waals surface area contributed by atoms with Crippen molar-refractivity contribution in [3.05, 3.63) is 83.6 Å². The predicted octanol–water partition coefficient (Wildman–Crippen LogP) is 6.95. The smallest absolute Gasteiger partial charge is 0.321 e. The number of rotatable bonds is 12. The molecule has 0 bridgehead atoms. The summed E-state index contributed by atoms with van der Waals surface area (Å²) in [6, 6.07) is 14.9. The Morgan fingerprint density at radius 1 is 1.00 bits per heavy atom. The molecule has 0 aromatic heterocycles. The predicted molar refractivity (Wildman–Crippen MR) is 168 cm³/mol. The molecule has 0 spiro atoms. The molecule has 43 heavy (non-hydrogen) atoms. The average molecular weight is 594 g/mol. The van der Waals surface area contributed by atoms with Gasteiger partial charge >= 0.3 is 5.97 Å². The minimum absolute atomic E-state index is 0.257. The number of hydrogen-bond donors (Lipinski definition) is 1. The van der Waals surface area contributed by atoms with E-state index in [0.717, 1.165) is 95.5 Å². The normalized spacial score (nSPS) is 23.3. The maximum Gasteiger partial charge on any atom is 0.321 e. The van der Waals surface area contributed by atoms with Crippen LogP contribution in [0.1, 0.15) is 75.3 Å². The van der Waals surface area contributed by atoms with Crippen LogP contribution in [-0.2, 0) is 11.2 Å². The van der Waals surface area contributed by atoms with E-state index in [1.54, 1.807) is 6.07 Å². The second-order valence-electron chi connectivity index (χ2n) is 13.0. The molecule has 2 aliphatic heterocycles. The second kappa shape index (κ2) is 14.8. The number of carboxylic acids is 1. The third-order valence-electron chi connectivity index (χ3n) is 10.4. The number of piperidine rings is 1. The van der Waals surface area contributed by atoms with Crippen molar-refractivity contribution in [2.24, 2.45) is 11.8 Å². The number of likely N-dealkylation sites (tertiary alicyclic amines) is 2. The van der Waals surface area contributed by atoms with E-state index in [2.05, 4.69) is 58.5 Å². The summed E-state index contributed by atoms with van der Waals surface area (Å²) in [5, 5.41) is 10.3. The molecule has 0 radical (unpaired) electrons. The zero-order chi connectivity index (χ0) is 30.3. The highest BCUT2D eigenvalue weighted by molar-refractivity contribution is 5.74. The van der Waals surface area contributed by atoms with Gasteiger partial charge in [-0.15, -0.1) is 0 Å². The fourth-order valence-corrected chi connectivity index (χ4v) is 8.11. The monoisotopic (exact) mass is 593 g/mol. The highest BCUT2D eigenvalue weighted by atomic mass is 19.2. The van der Waals surface area contributed by atoms with E-state index in [4.69, 9.17) is 0 Å². The molecule has 0 amide bonds. The quantitative estimate of drug-likeness (QED) is 0.289. The molecule has 2 aromatic carbocycles. The largest absolute Gasteiger partial charge is 0.480 e. The van der Waals surface area contributed by atoms with E-state index < -0.39 is 17.6 Å². The Kier molecular flexibility index (Phi) is 10.9. The van der Waals surface area contributed by atoms with E-state index in [1.165, 1.54) is 24.1 Å². The first-order chi connectivity index (χ1) is 20.8. The maximum atomic E-state index is 13.7. The van der Waals surface area contributed by atoms with Gasteiger partial charge in [-0.1, -0.05) is 62.2 Å². The molecule has 1 saturated carbocycles. The van der Waals surface area contributed by atoms with Gasteiger partial charge in [-0.25, -0.2) is 8.78 Å². The highest BCUT2D eigenvalue weighted by Gasteiger charge is 2.43. The molecular formula is C36H49F2N3O2. The molecule has 1 aliphatic carbocycles. The van der Waals surface area contributed by atoms with E-state index in [0.29, 0.717) is 24.3 Å². The van der Waals surface area contributed by atoms with Crippen LogP contribution in [-0.4, -0.2) is 77.1 Å². The molecule has 7 heteroatoms. The number of allylic oxidation sites excluding steroid dienone is 1. The summed E-state index contributed by atoms with van der Waals surface area (Å²) in [6.45, 7) is 12.1. The highest BCUT2D eigenvalue weighted by Crippen LogP contribution is 2.38. The van der Waals surface area contributed by atoms with Crippen molar-refractivity contribution < 1.29 is 18.7 Å². The van der Waals surface area contributed by atoms with E-state index in [1.807, 2.05) is 0 Å². The summed E-state index contributed by atoms with van der Waals surface area (Å²) < 4.78 is 27.0. The molecule has 5 nitrogen and oxygen atoms in total. The molecule has 234 valence electrons. The van der Waals surface area contributed by atoms with E-state index in [-0.39, 0.29) is 12.0 Å². The summed E-state index contributed by atoms with van der Waals surface area (Å²) >= 11 is 0. The van der Waals surface area contributed by atoms with Gasteiger partial charge in [-0.2, -0.15) is 0 Å². The van der Waals surface area contributed by atoms with Gasteiger partial charge in [0.2, 0.25) is 0 Å². The van der Waals surface area contributed by atoms with Crippen molar-refractivity contribution in [1.29, 1.82) is 0 Å². The average Bonchev–Trinajstić information content (AvgIpc) is 3.42. The van der Waals surface area contributed by atoms with Crippen LogP contribution in [0.25, 0.3) is 0 Å². The summed E-state index contributed by atoms with van der Waals surface area (Å²) in [6.07, 6.45) is 9.07. The van der Waals surface area contributed by atoms with Crippen molar-refractivity contribution in [3.8, 4) is 0 Å². The van der Waals surface area contributed by atoms with Crippen LogP contribution in [0, 0.1) is 23.5 Å². The van der Waals surface area contributed by atoms with Crippen LogP contribution >= 0.6 is 0 Å². The molecule has 3 atom stereocenters. The van der Waals surface area contributed by atoms with Crippen molar-refractivity contribution in [2.75, 3.05) is 39.3 Å². The van der Waals surface area contributed by atoms with Crippen LogP contribution in [0.2, 0.25) is 0 Å². The van der Waals surface area contributed by atoms with Gasteiger partial charge in [0, 0.05) is 56.9 Å². The molecule has 1 N–H and O–H groups in total. The number of halogens is 2. The summed E-state index contributed by atoms with van der Waals surface area (Å²) in [7, 11) is 0. The molecule has 3 aliphatic rings. The lowest BCUT2D eigenvalue weighted by molar-refractivity contribution is -0.145. The maximum absolute atomic E-state index is 13.7. The Hall–Kier alpha value is -2.77. The standard InChI is InChI=1S/C36H49F2N3O2/c1-3-41(26(2)14-15-27-16-17-33(37)34(38)22-27)31-18-20-39(21-19-31)23-30-24-40(25-32(30)28-10-6-4-7-11-28)35(36(42)43)29-12-8-5-9-13-29/h4,6-7,10-11,16-17,22,29-32,35H,2-3,5,8-9,12-15,18-21,23-25H2,1H3,(H,42,43). The van der Waals surface area contributed by atoms with E-state index in [9.17, 15) is 18.7 Å². The van der Waals surface area contributed by atoms with Gasteiger partial charge in [0.05, 0.1) is 0 Å². The molecule has 2 aromatic rings.